The number of thioether (sulfide) groups is 1. The largest absolute Gasteiger partial charge is 0.274 e. The van der Waals surface area contributed by atoms with E-state index < -0.39 is 0 Å². The van der Waals surface area contributed by atoms with Gasteiger partial charge in [0.1, 0.15) is 5.84 Å². The lowest BCUT2D eigenvalue weighted by Gasteiger charge is -2.05. The highest BCUT2D eigenvalue weighted by Crippen LogP contribution is 2.32. The molecule has 5 heteroatoms. The van der Waals surface area contributed by atoms with Crippen molar-refractivity contribution in [1.29, 1.82) is 0 Å². The molecule has 0 bridgehead atoms. The molecule has 0 aliphatic heterocycles. The Hall–Kier alpha value is -0.940. The zero-order chi connectivity index (χ0) is 14.1. The lowest BCUT2D eigenvalue weighted by molar-refractivity contribution is 1.21. The van der Waals surface area contributed by atoms with E-state index in [4.69, 9.17) is 0 Å². The average molecular weight is 340 g/mol. The molecule has 0 unspecified atom stereocenters. The molecule has 0 aromatic heterocycles. The first-order valence-electron chi connectivity index (χ1n) is 6.08. The van der Waals surface area contributed by atoms with Gasteiger partial charge < -0.3 is 0 Å². The number of hydrogen-bond acceptors (Lipinski definition) is 3. The Morgan fingerprint density at radius 3 is 2.89 bits per heavy atom. The first-order valence-corrected chi connectivity index (χ1v) is 7.86. The van der Waals surface area contributed by atoms with Gasteiger partial charge in [-0.1, -0.05) is 22.9 Å². The van der Waals surface area contributed by atoms with Gasteiger partial charge in [0.05, 0.1) is 5.69 Å². The van der Waals surface area contributed by atoms with Crippen molar-refractivity contribution in [3.05, 3.63) is 22.7 Å². The van der Waals surface area contributed by atoms with E-state index in [1.807, 2.05) is 18.3 Å². The second-order valence-corrected chi connectivity index (χ2v) is 5.78. The highest BCUT2D eigenvalue weighted by atomic mass is 79.9. The molecule has 3 nitrogen and oxygen atoms in total. The van der Waals surface area contributed by atoms with Crippen molar-refractivity contribution in [3.8, 4) is 0 Å². The predicted octanol–water partition coefficient (Wildman–Crippen LogP) is 4.77. The van der Waals surface area contributed by atoms with Crippen LogP contribution in [-0.2, 0) is 0 Å². The van der Waals surface area contributed by atoms with E-state index in [1.54, 1.807) is 18.8 Å². The van der Waals surface area contributed by atoms with E-state index >= 15 is 0 Å². The van der Waals surface area contributed by atoms with Gasteiger partial charge in [0.25, 0.3) is 0 Å². The Kier molecular flexibility index (Phi) is 7.67. The molecule has 0 heterocycles. The Labute approximate surface area is 127 Å². The average Bonchev–Trinajstić information content (AvgIpc) is 2.43. The van der Waals surface area contributed by atoms with Crippen molar-refractivity contribution >= 4 is 52.1 Å². The number of benzene rings is 1. The van der Waals surface area contributed by atoms with Gasteiger partial charge in [-0.15, -0.1) is 11.8 Å². The quantitative estimate of drug-likeness (QED) is 0.417. The molecule has 0 amide bonds. The van der Waals surface area contributed by atoms with Gasteiger partial charge in [0, 0.05) is 34.8 Å². The molecule has 0 saturated heterocycles. The Morgan fingerprint density at radius 2 is 2.26 bits per heavy atom. The zero-order valence-electron chi connectivity index (χ0n) is 11.3. The lowest BCUT2D eigenvalue weighted by Crippen LogP contribution is -1.96. The van der Waals surface area contributed by atoms with E-state index in [1.165, 1.54) is 0 Å². The number of amidine groups is 1. The molecule has 0 atom stereocenters. The molecule has 0 aliphatic carbocycles. The summed E-state index contributed by atoms with van der Waals surface area (Å²) < 4.78 is 1.05. The van der Waals surface area contributed by atoms with Gasteiger partial charge in [0.15, 0.2) is 0 Å². The summed E-state index contributed by atoms with van der Waals surface area (Å²) >= 11 is 5.22. The van der Waals surface area contributed by atoms with Crippen LogP contribution in [0.5, 0.6) is 0 Å². The third-order valence-corrected chi connectivity index (χ3v) is 3.90. The molecule has 0 fully saturated rings. The molecule has 0 aliphatic rings. The van der Waals surface area contributed by atoms with Crippen LogP contribution in [0.3, 0.4) is 0 Å². The lowest BCUT2D eigenvalue weighted by atomic mass is 10.3. The molecule has 0 spiro atoms. The Balaban J connectivity index is 2.60. The van der Waals surface area contributed by atoms with Gasteiger partial charge in [-0.25, -0.2) is 4.99 Å². The van der Waals surface area contributed by atoms with Gasteiger partial charge in [-0.05, 0) is 31.3 Å². The number of nitrogens with zero attached hydrogens (tertiary/aromatic N) is 3. The maximum absolute atomic E-state index is 4.32. The van der Waals surface area contributed by atoms with Crippen LogP contribution in [0, 0.1) is 0 Å². The normalized spacial score (nSPS) is 12.1. The van der Waals surface area contributed by atoms with Crippen LogP contribution in [0.25, 0.3) is 0 Å². The van der Waals surface area contributed by atoms with Crippen molar-refractivity contribution < 1.29 is 0 Å². The van der Waals surface area contributed by atoms with Gasteiger partial charge in [-0.2, -0.15) is 0 Å². The maximum Gasteiger partial charge on any atom is 0.123 e. The third-order valence-electron chi connectivity index (χ3n) is 2.36. The second-order valence-electron chi connectivity index (χ2n) is 3.73. The van der Waals surface area contributed by atoms with Crippen molar-refractivity contribution in [1.82, 2.24) is 0 Å². The van der Waals surface area contributed by atoms with Crippen molar-refractivity contribution in [3.63, 3.8) is 0 Å². The van der Waals surface area contributed by atoms with Gasteiger partial charge in [0.2, 0.25) is 0 Å². The highest BCUT2D eigenvalue weighted by molar-refractivity contribution is 9.10. The molecule has 0 N–H and O–H groups in total. The number of hydrogen-bond donors (Lipinski definition) is 0. The summed E-state index contributed by atoms with van der Waals surface area (Å²) in [5.74, 6) is 1.81. The minimum atomic E-state index is 0.848. The second kappa shape index (κ2) is 9.04. The molecule has 102 valence electrons. The smallest absolute Gasteiger partial charge is 0.123 e. The predicted molar refractivity (Wildman–Crippen MR) is 90.8 cm³/mol. The molecule has 1 aromatic rings. The summed E-state index contributed by atoms with van der Waals surface area (Å²) in [6, 6.07) is 5.99. The molecule has 1 aromatic carbocycles. The molecule has 0 radical (unpaired) electrons. The monoisotopic (exact) mass is 339 g/mol. The Morgan fingerprint density at radius 1 is 1.47 bits per heavy atom. The van der Waals surface area contributed by atoms with Crippen LogP contribution in [0.2, 0.25) is 0 Å². The molecule has 1 rings (SSSR count). The minimum absolute atomic E-state index is 0.848. The van der Waals surface area contributed by atoms with E-state index in [0.717, 1.165) is 39.5 Å². The maximum atomic E-state index is 4.32. The molecular formula is C14H18BrN3S. The van der Waals surface area contributed by atoms with Crippen LogP contribution in [-0.4, -0.2) is 31.6 Å². The zero-order valence-corrected chi connectivity index (χ0v) is 13.7. The van der Waals surface area contributed by atoms with Crippen LogP contribution in [0.15, 0.2) is 42.5 Å². The van der Waals surface area contributed by atoms with E-state index in [2.05, 4.69) is 50.6 Å². The summed E-state index contributed by atoms with van der Waals surface area (Å²) in [6.07, 6.45) is 3.67. The summed E-state index contributed by atoms with van der Waals surface area (Å²) in [4.78, 5) is 13.6. The standard InChI is InChI=1S/C14H18BrN3S/c1-4-8-18-14(17-3)7-9-19-13-10-11(15)5-6-12(13)16-2/h5-6,8,10H,2,4,7,9H2,1,3H3. The minimum Gasteiger partial charge on any atom is -0.274 e. The molecule has 0 saturated carbocycles. The summed E-state index contributed by atoms with van der Waals surface area (Å²) in [6.45, 7) is 5.66. The number of aliphatic imine (C=N–C) groups is 3. The van der Waals surface area contributed by atoms with Gasteiger partial charge in [-0.3, -0.25) is 9.98 Å². The fourth-order valence-corrected chi connectivity index (χ4v) is 2.93. The highest BCUT2D eigenvalue weighted by Gasteiger charge is 2.03. The number of rotatable bonds is 6. The third kappa shape index (κ3) is 5.70. The van der Waals surface area contributed by atoms with Gasteiger partial charge >= 0.3 is 0 Å². The summed E-state index contributed by atoms with van der Waals surface area (Å²) in [5.41, 5.74) is 0.917. The van der Waals surface area contributed by atoms with Crippen LogP contribution in [0.1, 0.15) is 19.8 Å². The summed E-state index contributed by atoms with van der Waals surface area (Å²) in [5, 5.41) is 0. The topological polar surface area (TPSA) is 37.1 Å². The van der Waals surface area contributed by atoms with E-state index in [-0.39, 0.29) is 0 Å². The fourth-order valence-electron chi connectivity index (χ4n) is 1.42. The number of halogens is 1. The van der Waals surface area contributed by atoms with Crippen molar-refractivity contribution in [2.45, 2.75) is 24.7 Å². The van der Waals surface area contributed by atoms with Crippen molar-refractivity contribution in [2.75, 3.05) is 12.8 Å². The van der Waals surface area contributed by atoms with Crippen LogP contribution < -0.4 is 0 Å². The first-order chi connectivity index (χ1) is 9.21. The SMILES string of the molecule is C=Nc1ccc(Br)cc1SCCC(N=CCC)=NC. The Bertz CT molecular complexity index is 484. The van der Waals surface area contributed by atoms with Crippen LogP contribution in [0.4, 0.5) is 5.69 Å². The van der Waals surface area contributed by atoms with Crippen LogP contribution >= 0.6 is 27.7 Å². The fraction of sp³-hybridized carbons (Fsp3) is 0.357. The van der Waals surface area contributed by atoms with Crippen molar-refractivity contribution in [2.24, 2.45) is 15.0 Å². The molecule has 19 heavy (non-hydrogen) atoms. The summed E-state index contributed by atoms with van der Waals surface area (Å²) in [7, 11) is 1.78. The first kappa shape index (κ1) is 16.1. The van der Waals surface area contributed by atoms with E-state index in [0.29, 0.717) is 0 Å². The molecular weight excluding hydrogens is 322 g/mol. The van der Waals surface area contributed by atoms with E-state index in [9.17, 15) is 0 Å².